The molecule has 1 aliphatic heterocycles. The van der Waals surface area contributed by atoms with Crippen molar-refractivity contribution in [3.05, 3.63) is 29.8 Å². The molecule has 1 fully saturated rings. The van der Waals surface area contributed by atoms with Gasteiger partial charge in [0.1, 0.15) is 0 Å². The second kappa shape index (κ2) is 5.37. The van der Waals surface area contributed by atoms with Gasteiger partial charge in [-0.1, -0.05) is 6.07 Å². The lowest BCUT2D eigenvalue weighted by molar-refractivity contribution is 0.0857. The van der Waals surface area contributed by atoms with Gasteiger partial charge in [0.15, 0.2) is 0 Å². The maximum absolute atomic E-state index is 11.8. The molecule has 1 saturated heterocycles. The predicted octanol–water partition coefficient (Wildman–Crippen LogP) is 1.88. The van der Waals surface area contributed by atoms with Crippen molar-refractivity contribution in [2.45, 2.75) is 23.8 Å². The number of ether oxygens (including phenoxy) is 1. The summed E-state index contributed by atoms with van der Waals surface area (Å²) in [6.45, 7) is 1.41. The summed E-state index contributed by atoms with van der Waals surface area (Å²) in [5.74, 6) is -0.0635. The standard InChI is InChI=1S/C12H15NO2S/c14-12(9-3-1-5-11(16)7-9)13-8-10-4-2-6-15-10/h1,3,5,7,10,16H,2,4,6,8H2,(H,13,14). The minimum atomic E-state index is -0.0635. The predicted molar refractivity (Wildman–Crippen MR) is 65.0 cm³/mol. The summed E-state index contributed by atoms with van der Waals surface area (Å²) in [5.41, 5.74) is 0.644. The zero-order chi connectivity index (χ0) is 11.4. The number of carbonyl (C=O) groups is 1. The highest BCUT2D eigenvalue weighted by Gasteiger charge is 2.16. The average molecular weight is 237 g/mol. The lowest BCUT2D eigenvalue weighted by Crippen LogP contribution is -2.31. The van der Waals surface area contributed by atoms with E-state index in [4.69, 9.17) is 4.74 Å². The highest BCUT2D eigenvalue weighted by molar-refractivity contribution is 7.80. The zero-order valence-electron chi connectivity index (χ0n) is 8.98. The smallest absolute Gasteiger partial charge is 0.251 e. The summed E-state index contributed by atoms with van der Waals surface area (Å²) in [6, 6.07) is 7.21. The molecular formula is C12H15NO2S. The van der Waals surface area contributed by atoms with Crippen molar-refractivity contribution in [2.24, 2.45) is 0 Å². The van der Waals surface area contributed by atoms with E-state index in [1.807, 2.05) is 12.1 Å². The molecule has 1 aromatic rings. The van der Waals surface area contributed by atoms with Crippen molar-refractivity contribution in [2.75, 3.05) is 13.2 Å². The lowest BCUT2D eigenvalue weighted by atomic mass is 10.2. The van der Waals surface area contributed by atoms with Gasteiger partial charge in [-0.05, 0) is 31.0 Å². The number of benzene rings is 1. The Hall–Kier alpha value is -1.00. The van der Waals surface area contributed by atoms with Gasteiger partial charge in [0.2, 0.25) is 0 Å². The van der Waals surface area contributed by atoms with E-state index in [-0.39, 0.29) is 12.0 Å². The Morgan fingerprint density at radius 3 is 3.12 bits per heavy atom. The quantitative estimate of drug-likeness (QED) is 0.788. The molecule has 1 aliphatic rings. The largest absolute Gasteiger partial charge is 0.376 e. The second-order valence-electron chi connectivity index (χ2n) is 3.90. The minimum Gasteiger partial charge on any atom is -0.376 e. The Morgan fingerprint density at radius 2 is 2.44 bits per heavy atom. The fourth-order valence-corrected chi connectivity index (χ4v) is 1.99. The Bertz CT molecular complexity index is 375. The van der Waals surface area contributed by atoms with Crippen molar-refractivity contribution in [3.8, 4) is 0 Å². The Balaban J connectivity index is 1.87. The van der Waals surface area contributed by atoms with Gasteiger partial charge in [-0.2, -0.15) is 0 Å². The van der Waals surface area contributed by atoms with Crippen molar-refractivity contribution in [3.63, 3.8) is 0 Å². The highest BCUT2D eigenvalue weighted by atomic mass is 32.1. The molecule has 0 radical (unpaired) electrons. The molecular weight excluding hydrogens is 222 g/mol. The van der Waals surface area contributed by atoms with Crippen LogP contribution in [0.3, 0.4) is 0 Å². The third-order valence-corrected chi connectivity index (χ3v) is 2.90. The SMILES string of the molecule is O=C(NCC1CCCO1)c1cccc(S)c1. The van der Waals surface area contributed by atoms with E-state index >= 15 is 0 Å². The normalized spacial score (nSPS) is 19.7. The summed E-state index contributed by atoms with van der Waals surface area (Å²) in [7, 11) is 0. The molecule has 1 atom stereocenters. The molecule has 1 unspecified atom stereocenters. The molecule has 16 heavy (non-hydrogen) atoms. The monoisotopic (exact) mass is 237 g/mol. The summed E-state index contributed by atoms with van der Waals surface area (Å²) < 4.78 is 5.43. The van der Waals surface area contributed by atoms with Gasteiger partial charge in [-0.15, -0.1) is 12.6 Å². The summed E-state index contributed by atoms with van der Waals surface area (Å²) in [5, 5.41) is 2.87. The number of hydrogen-bond acceptors (Lipinski definition) is 3. The van der Waals surface area contributed by atoms with Crippen molar-refractivity contribution in [1.82, 2.24) is 5.32 Å². The molecule has 2 rings (SSSR count). The number of thiol groups is 1. The molecule has 86 valence electrons. The number of nitrogens with one attached hydrogen (secondary N) is 1. The van der Waals surface area contributed by atoms with Crippen LogP contribution in [0.5, 0.6) is 0 Å². The van der Waals surface area contributed by atoms with Crippen LogP contribution >= 0.6 is 12.6 Å². The van der Waals surface area contributed by atoms with E-state index < -0.39 is 0 Å². The number of hydrogen-bond donors (Lipinski definition) is 2. The van der Waals surface area contributed by atoms with Gasteiger partial charge in [0.05, 0.1) is 6.10 Å². The maximum Gasteiger partial charge on any atom is 0.251 e. The van der Waals surface area contributed by atoms with E-state index in [1.54, 1.807) is 12.1 Å². The molecule has 1 aromatic carbocycles. The number of rotatable bonds is 3. The molecule has 3 nitrogen and oxygen atoms in total. The number of amides is 1. The maximum atomic E-state index is 11.8. The van der Waals surface area contributed by atoms with Crippen molar-refractivity contribution in [1.29, 1.82) is 0 Å². The average Bonchev–Trinajstić information content (AvgIpc) is 2.78. The van der Waals surface area contributed by atoms with Crippen LogP contribution < -0.4 is 5.32 Å². The van der Waals surface area contributed by atoms with E-state index in [1.165, 1.54) is 0 Å². The fraction of sp³-hybridized carbons (Fsp3) is 0.417. The first kappa shape index (κ1) is 11.5. The molecule has 0 spiro atoms. The molecule has 1 heterocycles. The van der Waals surface area contributed by atoms with Crippen LogP contribution in [0.25, 0.3) is 0 Å². The summed E-state index contributed by atoms with van der Waals surface area (Å²) in [6.07, 6.45) is 2.31. The van der Waals surface area contributed by atoms with Crippen LogP contribution in [-0.4, -0.2) is 25.2 Å². The first-order valence-electron chi connectivity index (χ1n) is 5.44. The number of carbonyl (C=O) groups excluding carboxylic acids is 1. The summed E-state index contributed by atoms with van der Waals surface area (Å²) in [4.78, 5) is 12.5. The molecule has 0 saturated carbocycles. The van der Waals surface area contributed by atoms with Gasteiger partial charge in [0.25, 0.3) is 5.91 Å². The van der Waals surface area contributed by atoms with Crippen molar-refractivity contribution >= 4 is 18.5 Å². The first-order chi connectivity index (χ1) is 7.75. The topological polar surface area (TPSA) is 38.3 Å². The Kier molecular flexibility index (Phi) is 3.85. The van der Waals surface area contributed by atoms with Gasteiger partial charge in [-0.3, -0.25) is 4.79 Å². The Labute approximate surface area is 101 Å². The van der Waals surface area contributed by atoms with Crippen LogP contribution in [-0.2, 0) is 4.74 Å². The highest BCUT2D eigenvalue weighted by Crippen LogP contribution is 2.12. The molecule has 0 aromatic heterocycles. The van der Waals surface area contributed by atoms with Gasteiger partial charge in [0, 0.05) is 23.6 Å². The minimum absolute atomic E-state index is 0.0635. The third-order valence-electron chi connectivity index (χ3n) is 2.62. The fourth-order valence-electron chi connectivity index (χ4n) is 1.76. The van der Waals surface area contributed by atoms with Crippen LogP contribution in [0.4, 0.5) is 0 Å². The van der Waals surface area contributed by atoms with E-state index in [2.05, 4.69) is 17.9 Å². The second-order valence-corrected chi connectivity index (χ2v) is 4.41. The Morgan fingerprint density at radius 1 is 1.56 bits per heavy atom. The van der Waals surface area contributed by atoms with Crippen molar-refractivity contribution < 1.29 is 9.53 Å². The van der Waals surface area contributed by atoms with Gasteiger partial charge >= 0.3 is 0 Å². The van der Waals surface area contributed by atoms with E-state index in [0.29, 0.717) is 12.1 Å². The third kappa shape index (κ3) is 3.00. The molecule has 0 aliphatic carbocycles. The molecule has 1 N–H and O–H groups in total. The molecule has 0 bridgehead atoms. The van der Waals surface area contributed by atoms with Crippen LogP contribution in [0, 0.1) is 0 Å². The van der Waals surface area contributed by atoms with Crippen LogP contribution in [0.2, 0.25) is 0 Å². The summed E-state index contributed by atoms with van der Waals surface area (Å²) >= 11 is 4.20. The van der Waals surface area contributed by atoms with E-state index in [9.17, 15) is 4.79 Å². The van der Waals surface area contributed by atoms with Gasteiger partial charge in [-0.25, -0.2) is 0 Å². The van der Waals surface area contributed by atoms with Crippen LogP contribution in [0.15, 0.2) is 29.2 Å². The molecule has 1 amide bonds. The zero-order valence-corrected chi connectivity index (χ0v) is 9.87. The van der Waals surface area contributed by atoms with Gasteiger partial charge < -0.3 is 10.1 Å². The first-order valence-corrected chi connectivity index (χ1v) is 5.89. The van der Waals surface area contributed by atoms with E-state index in [0.717, 1.165) is 24.3 Å². The lowest BCUT2D eigenvalue weighted by Gasteiger charge is -2.10. The molecule has 4 heteroatoms. The van der Waals surface area contributed by atoms with Crippen LogP contribution in [0.1, 0.15) is 23.2 Å².